The summed E-state index contributed by atoms with van der Waals surface area (Å²) in [5, 5.41) is 28.9. The molecule has 1 aromatic heterocycles. The molecule has 6 heteroatoms. The van der Waals surface area contributed by atoms with Gasteiger partial charge in [0.05, 0.1) is 23.7 Å². The average molecular weight is 377 g/mol. The molecule has 2 heterocycles. The Hall–Kier alpha value is -2.70. The molecule has 144 valence electrons. The summed E-state index contributed by atoms with van der Waals surface area (Å²) in [6, 6.07) is 17.7. The first-order valence-electron chi connectivity index (χ1n) is 9.69. The van der Waals surface area contributed by atoms with Crippen LogP contribution in [-0.2, 0) is 11.2 Å². The van der Waals surface area contributed by atoms with Gasteiger partial charge in [-0.3, -0.25) is 9.89 Å². The van der Waals surface area contributed by atoms with Crippen molar-refractivity contribution >= 4 is 16.8 Å². The van der Waals surface area contributed by atoms with Crippen LogP contribution >= 0.6 is 0 Å². The highest BCUT2D eigenvalue weighted by Crippen LogP contribution is 2.68. The van der Waals surface area contributed by atoms with Gasteiger partial charge >= 0.3 is 0 Å². The number of carbonyl (C=O) groups excluding carboxylic acids is 1. The van der Waals surface area contributed by atoms with Crippen LogP contribution in [0.2, 0.25) is 0 Å². The third-order valence-electron chi connectivity index (χ3n) is 6.62. The quantitative estimate of drug-likeness (QED) is 0.646. The van der Waals surface area contributed by atoms with Crippen molar-refractivity contribution in [2.24, 2.45) is 11.3 Å². The van der Waals surface area contributed by atoms with Crippen LogP contribution < -0.4 is 0 Å². The fourth-order valence-corrected chi connectivity index (χ4v) is 5.17. The van der Waals surface area contributed by atoms with Gasteiger partial charge < -0.3 is 15.1 Å². The zero-order valence-corrected chi connectivity index (χ0v) is 15.5. The Bertz CT molecular complexity index is 1020. The molecule has 1 amide bonds. The summed E-state index contributed by atoms with van der Waals surface area (Å²) < 4.78 is 0. The second kappa shape index (κ2) is 6.43. The van der Waals surface area contributed by atoms with Crippen molar-refractivity contribution in [3.63, 3.8) is 0 Å². The van der Waals surface area contributed by atoms with E-state index in [0.29, 0.717) is 13.1 Å². The van der Waals surface area contributed by atoms with Crippen LogP contribution in [0.3, 0.4) is 0 Å². The lowest BCUT2D eigenvalue weighted by atomic mass is 9.95. The number of para-hydroxylation sites is 1. The molecule has 1 aliphatic heterocycles. The molecule has 2 aliphatic rings. The number of amides is 1. The number of aliphatic hydroxyl groups is 2. The van der Waals surface area contributed by atoms with Gasteiger partial charge in [0.25, 0.3) is 0 Å². The third kappa shape index (κ3) is 2.48. The molecule has 2 fully saturated rings. The molecule has 1 saturated carbocycles. The van der Waals surface area contributed by atoms with Crippen LogP contribution in [0, 0.1) is 11.3 Å². The van der Waals surface area contributed by atoms with Crippen LogP contribution in [0.25, 0.3) is 10.9 Å². The molecule has 0 radical (unpaired) electrons. The smallest absolute Gasteiger partial charge is 0.228 e. The van der Waals surface area contributed by atoms with E-state index < -0.39 is 11.5 Å². The Morgan fingerprint density at radius 1 is 1.18 bits per heavy atom. The standard InChI is InChI=1S/C22H23N3O3/c26-12-16-21(14-6-2-1-3-7-14)22(16)13-25(11-19(22)27)20(28)10-18-15-8-4-5-9-17(15)23-24-18/h1-9,16,19,21,26-27H,10-13H2,(H,23,24)/t16-,19-,21-,22-/m1/s1. The Morgan fingerprint density at radius 2 is 1.93 bits per heavy atom. The lowest BCUT2D eigenvalue weighted by molar-refractivity contribution is -0.129. The van der Waals surface area contributed by atoms with Crippen molar-refractivity contribution in [1.29, 1.82) is 0 Å². The lowest BCUT2D eigenvalue weighted by Gasteiger charge is -2.16. The predicted octanol–water partition coefficient (Wildman–Crippen LogP) is 1.70. The van der Waals surface area contributed by atoms with E-state index in [-0.39, 0.29) is 30.8 Å². The first-order chi connectivity index (χ1) is 13.6. The molecule has 1 aliphatic carbocycles. The second-order valence-corrected chi connectivity index (χ2v) is 7.98. The molecule has 4 atom stereocenters. The number of benzene rings is 2. The van der Waals surface area contributed by atoms with Gasteiger partial charge in [-0.05, 0) is 23.5 Å². The van der Waals surface area contributed by atoms with Gasteiger partial charge in [0, 0.05) is 30.5 Å². The van der Waals surface area contributed by atoms with Gasteiger partial charge in [-0.1, -0.05) is 48.5 Å². The number of β-amino-alcohol motifs (C(OH)–C–C–N with tert-alkyl or cyclic N) is 1. The molecular weight excluding hydrogens is 354 g/mol. The fraction of sp³-hybridized carbons (Fsp3) is 0.364. The summed E-state index contributed by atoms with van der Waals surface area (Å²) in [4.78, 5) is 14.7. The lowest BCUT2D eigenvalue weighted by Crippen LogP contribution is -2.31. The Balaban J connectivity index is 1.36. The van der Waals surface area contributed by atoms with Crippen LogP contribution in [0.5, 0.6) is 0 Å². The molecule has 2 aromatic carbocycles. The van der Waals surface area contributed by atoms with E-state index in [4.69, 9.17) is 0 Å². The minimum Gasteiger partial charge on any atom is -0.396 e. The van der Waals surface area contributed by atoms with Crippen molar-refractivity contribution in [2.75, 3.05) is 19.7 Å². The van der Waals surface area contributed by atoms with Crippen LogP contribution in [0.15, 0.2) is 54.6 Å². The molecular formula is C22H23N3O3. The van der Waals surface area contributed by atoms with Crippen LogP contribution in [-0.4, -0.2) is 57.0 Å². The minimum absolute atomic E-state index is 0.0177. The average Bonchev–Trinajstić information content (AvgIpc) is 2.98. The van der Waals surface area contributed by atoms with E-state index in [1.807, 2.05) is 54.6 Å². The molecule has 1 spiro atoms. The van der Waals surface area contributed by atoms with Crippen LogP contribution in [0.4, 0.5) is 0 Å². The molecule has 6 nitrogen and oxygen atoms in total. The van der Waals surface area contributed by atoms with Gasteiger partial charge in [0.2, 0.25) is 5.91 Å². The number of aliphatic hydroxyl groups excluding tert-OH is 2. The van der Waals surface area contributed by atoms with Crippen molar-refractivity contribution < 1.29 is 15.0 Å². The van der Waals surface area contributed by atoms with E-state index in [2.05, 4.69) is 10.2 Å². The number of likely N-dealkylation sites (tertiary alicyclic amines) is 1. The molecule has 0 bridgehead atoms. The Labute approximate surface area is 162 Å². The predicted molar refractivity (Wildman–Crippen MR) is 105 cm³/mol. The molecule has 1 saturated heterocycles. The maximum atomic E-state index is 13.0. The first kappa shape index (κ1) is 17.4. The summed E-state index contributed by atoms with van der Waals surface area (Å²) in [6.07, 6.45) is -0.402. The number of aromatic amines is 1. The Kier molecular flexibility index (Phi) is 4.00. The van der Waals surface area contributed by atoms with Crippen molar-refractivity contribution in [2.45, 2.75) is 18.4 Å². The summed E-state index contributed by atoms with van der Waals surface area (Å²) in [5.74, 6) is 0.0379. The van der Waals surface area contributed by atoms with Gasteiger partial charge in [-0.25, -0.2) is 0 Å². The largest absolute Gasteiger partial charge is 0.396 e. The SMILES string of the molecule is O=C(Cc1[nH]nc2ccccc12)N1C[C@@H](O)[C@@]2(C1)[C@H](CO)[C@H]2c1ccccc1. The number of carbonyl (C=O) groups is 1. The summed E-state index contributed by atoms with van der Waals surface area (Å²) in [6.45, 7) is 0.804. The van der Waals surface area contributed by atoms with E-state index in [0.717, 1.165) is 22.2 Å². The Morgan fingerprint density at radius 3 is 2.71 bits per heavy atom. The number of nitrogens with zero attached hydrogens (tertiary/aromatic N) is 2. The number of nitrogens with one attached hydrogen (secondary N) is 1. The number of aromatic nitrogens is 2. The molecule has 5 rings (SSSR count). The number of hydrogen-bond donors (Lipinski definition) is 3. The molecule has 3 N–H and O–H groups in total. The number of hydrogen-bond acceptors (Lipinski definition) is 4. The summed E-state index contributed by atoms with van der Waals surface area (Å²) in [7, 11) is 0. The fourth-order valence-electron chi connectivity index (χ4n) is 5.17. The highest BCUT2D eigenvalue weighted by atomic mass is 16.3. The van der Waals surface area contributed by atoms with Gasteiger partial charge in [0.1, 0.15) is 0 Å². The highest BCUT2D eigenvalue weighted by molar-refractivity contribution is 5.87. The number of rotatable bonds is 4. The molecule has 0 unspecified atom stereocenters. The number of fused-ring (bicyclic) bond motifs is 1. The van der Waals surface area contributed by atoms with E-state index in [9.17, 15) is 15.0 Å². The zero-order valence-electron chi connectivity index (χ0n) is 15.5. The first-order valence-corrected chi connectivity index (χ1v) is 9.69. The van der Waals surface area contributed by atoms with Gasteiger partial charge in [-0.2, -0.15) is 5.10 Å². The topological polar surface area (TPSA) is 89.5 Å². The third-order valence-corrected chi connectivity index (χ3v) is 6.62. The molecule has 28 heavy (non-hydrogen) atoms. The van der Waals surface area contributed by atoms with Crippen LogP contribution in [0.1, 0.15) is 17.2 Å². The van der Waals surface area contributed by atoms with Gasteiger partial charge in [-0.15, -0.1) is 0 Å². The zero-order chi connectivity index (χ0) is 19.3. The highest BCUT2D eigenvalue weighted by Gasteiger charge is 2.71. The van der Waals surface area contributed by atoms with E-state index in [1.165, 1.54) is 0 Å². The normalized spacial score (nSPS) is 28.9. The minimum atomic E-state index is -0.627. The second-order valence-electron chi connectivity index (χ2n) is 7.98. The maximum Gasteiger partial charge on any atom is 0.228 e. The summed E-state index contributed by atoms with van der Waals surface area (Å²) >= 11 is 0. The molecule has 3 aromatic rings. The monoisotopic (exact) mass is 377 g/mol. The van der Waals surface area contributed by atoms with E-state index in [1.54, 1.807) is 4.90 Å². The van der Waals surface area contributed by atoms with E-state index >= 15 is 0 Å². The van der Waals surface area contributed by atoms with Crippen molar-refractivity contribution in [3.8, 4) is 0 Å². The summed E-state index contributed by atoms with van der Waals surface area (Å²) in [5.41, 5.74) is 2.32. The van der Waals surface area contributed by atoms with Crippen molar-refractivity contribution in [1.82, 2.24) is 15.1 Å². The number of H-pyrrole nitrogens is 1. The van der Waals surface area contributed by atoms with Crippen molar-refractivity contribution in [3.05, 3.63) is 65.9 Å². The van der Waals surface area contributed by atoms with Gasteiger partial charge in [0.15, 0.2) is 0 Å². The maximum absolute atomic E-state index is 13.0.